The van der Waals surface area contributed by atoms with Crippen molar-refractivity contribution >= 4 is 23.0 Å². The van der Waals surface area contributed by atoms with E-state index < -0.39 is 0 Å². The predicted octanol–water partition coefficient (Wildman–Crippen LogP) is 6.52. The third-order valence-corrected chi connectivity index (χ3v) is 7.65. The van der Waals surface area contributed by atoms with E-state index in [-0.39, 0.29) is 18.9 Å². The molecule has 7 heteroatoms. The molecule has 1 saturated heterocycles. The van der Waals surface area contributed by atoms with Gasteiger partial charge in [0.25, 0.3) is 0 Å². The Morgan fingerprint density at radius 1 is 0.946 bits per heavy atom. The minimum absolute atomic E-state index is 0.0683. The van der Waals surface area contributed by atoms with E-state index in [1.54, 1.807) is 0 Å². The summed E-state index contributed by atoms with van der Waals surface area (Å²) in [6.45, 7) is 8.99. The average Bonchev–Trinajstić information content (AvgIpc) is 3.59. The lowest BCUT2D eigenvalue weighted by Crippen LogP contribution is -2.29. The van der Waals surface area contributed by atoms with E-state index in [0.29, 0.717) is 11.0 Å². The Morgan fingerprint density at radius 3 is 2.43 bits per heavy atom. The zero-order valence-electron chi connectivity index (χ0n) is 21.4. The third kappa shape index (κ3) is 4.03. The molecule has 2 atom stereocenters. The molecule has 0 amide bonds. The topological polar surface area (TPSA) is 51.6 Å². The molecule has 2 aromatic carbocycles. The van der Waals surface area contributed by atoms with Crippen molar-refractivity contribution in [1.29, 1.82) is 0 Å². The number of pyridine rings is 1. The van der Waals surface area contributed by atoms with Crippen LogP contribution < -0.4 is 19.7 Å². The summed E-state index contributed by atoms with van der Waals surface area (Å²) in [5.41, 5.74) is 7.87. The van der Waals surface area contributed by atoms with Gasteiger partial charge in [-0.2, -0.15) is 0 Å². The Labute approximate surface area is 222 Å². The van der Waals surface area contributed by atoms with Crippen LogP contribution >= 0.6 is 12.2 Å². The summed E-state index contributed by atoms with van der Waals surface area (Å²) in [7, 11) is 0. The fourth-order valence-electron chi connectivity index (χ4n) is 5.48. The second-order valence-electron chi connectivity index (χ2n) is 9.94. The fraction of sp³-hybridized carbons (Fsp3) is 0.267. The quantitative estimate of drug-likeness (QED) is 0.309. The van der Waals surface area contributed by atoms with Crippen molar-refractivity contribution in [2.24, 2.45) is 0 Å². The first kappa shape index (κ1) is 23.6. The molecule has 4 aromatic rings. The maximum Gasteiger partial charge on any atom is 0.231 e. The summed E-state index contributed by atoms with van der Waals surface area (Å²) in [4.78, 5) is 6.95. The molecule has 0 unspecified atom stereocenters. The molecule has 2 aromatic heterocycles. The average molecular weight is 511 g/mol. The van der Waals surface area contributed by atoms with Crippen LogP contribution in [0.3, 0.4) is 0 Å². The van der Waals surface area contributed by atoms with Crippen LogP contribution in [0.2, 0.25) is 0 Å². The number of aromatic nitrogens is 2. The number of nitrogens with one attached hydrogen (secondary N) is 1. The molecule has 37 heavy (non-hydrogen) atoms. The molecular weight excluding hydrogens is 480 g/mol. The number of fused-ring (bicyclic) bond motifs is 1. The van der Waals surface area contributed by atoms with Gasteiger partial charge in [-0.1, -0.05) is 32.0 Å². The summed E-state index contributed by atoms with van der Waals surface area (Å²) in [5.74, 6) is 2.02. The lowest BCUT2D eigenvalue weighted by atomic mass is 9.96. The molecule has 0 bridgehead atoms. The number of rotatable bonds is 5. The molecule has 0 saturated carbocycles. The van der Waals surface area contributed by atoms with E-state index in [9.17, 15) is 0 Å². The van der Waals surface area contributed by atoms with Crippen LogP contribution in [0.25, 0.3) is 5.69 Å². The van der Waals surface area contributed by atoms with Crippen molar-refractivity contribution in [2.75, 3.05) is 11.7 Å². The van der Waals surface area contributed by atoms with Crippen molar-refractivity contribution in [3.8, 4) is 17.2 Å². The van der Waals surface area contributed by atoms with Gasteiger partial charge in [0.05, 0.1) is 17.8 Å². The molecule has 4 heterocycles. The van der Waals surface area contributed by atoms with Gasteiger partial charge in [0, 0.05) is 35.0 Å². The Hall–Kier alpha value is -3.84. The van der Waals surface area contributed by atoms with Crippen molar-refractivity contribution in [2.45, 2.75) is 45.7 Å². The second kappa shape index (κ2) is 9.23. The lowest BCUT2D eigenvalue weighted by Gasteiger charge is -2.28. The van der Waals surface area contributed by atoms with Crippen LogP contribution in [-0.2, 0) is 0 Å². The molecule has 6 nitrogen and oxygen atoms in total. The predicted molar refractivity (Wildman–Crippen MR) is 150 cm³/mol. The summed E-state index contributed by atoms with van der Waals surface area (Å²) in [5, 5.41) is 4.28. The van der Waals surface area contributed by atoms with Crippen molar-refractivity contribution in [3.05, 3.63) is 101 Å². The van der Waals surface area contributed by atoms with Gasteiger partial charge >= 0.3 is 0 Å². The highest BCUT2D eigenvalue weighted by Crippen LogP contribution is 2.44. The third-order valence-electron chi connectivity index (χ3n) is 7.34. The Balaban J connectivity index is 1.48. The van der Waals surface area contributed by atoms with Gasteiger partial charge in [0.15, 0.2) is 16.6 Å². The summed E-state index contributed by atoms with van der Waals surface area (Å²) < 4.78 is 13.5. The number of nitrogens with zero attached hydrogens (tertiary/aromatic N) is 3. The molecule has 2 aliphatic heterocycles. The number of hydrogen-bond donors (Lipinski definition) is 1. The first-order valence-electron chi connectivity index (χ1n) is 12.6. The number of hydrogen-bond acceptors (Lipinski definition) is 4. The maximum atomic E-state index is 5.94. The number of benzene rings is 2. The Bertz CT molecular complexity index is 1460. The zero-order valence-corrected chi connectivity index (χ0v) is 22.3. The first-order valence-corrected chi connectivity index (χ1v) is 13.0. The summed E-state index contributed by atoms with van der Waals surface area (Å²) in [6, 6.07) is 23.0. The highest BCUT2D eigenvalue weighted by atomic mass is 32.1. The van der Waals surface area contributed by atoms with E-state index in [1.807, 2.05) is 30.5 Å². The first-order chi connectivity index (χ1) is 17.9. The maximum absolute atomic E-state index is 5.94. The van der Waals surface area contributed by atoms with E-state index in [1.165, 1.54) is 11.1 Å². The number of anilines is 1. The van der Waals surface area contributed by atoms with Crippen LogP contribution in [0.1, 0.15) is 60.1 Å². The van der Waals surface area contributed by atoms with E-state index in [2.05, 4.69) is 84.9 Å². The van der Waals surface area contributed by atoms with Gasteiger partial charge in [-0.05, 0) is 85.6 Å². The monoisotopic (exact) mass is 510 g/mol. The van der Waals surface area contributed by atoms with E-state index >= 15 is 0 Å². The summed E-state index contributed by atoms with van der Waals surface area (Å²) in [6.07, 6.45) is 1.84. The number of aryl methyl sites for hydroxylation is 1. The highest BCUT2D eigenvalue weighted by Gasteiger charge is 2.42. The van der Waals surface area contributed by atoms with Gasteiger partial charge in [-0.15, -0.1) is 0 Å². The standard InChI is InChI=1S/C30H30N4O2S/c1-18(2)21-8-10-22(11-9-21)34-29(28(32-30(34)37)25-7-5-6-14-31-25)24-15-19(3)33(20(24)4)23-12-13-26-27(16-23)36-17-35-26/h5-16,18,28-29H,17H2,1-4H3,(H,32,37)/t28-,29+/m0/s1. The molecule has 6 rings (SSSR count). The minimum Gasteiger partial charge on any atom is -0.454 e. The van der Waals surface area contributed by atoms with Crippen LogP contribution in [0.4, 0.5) is 5.69 Å². The molecule has 2 aliphatic rings. The summed E-state index contributed by atoms with van der Waals surface area (Å²) >= 11 is 5.94. The smallest absolute Gasteiger partial charge is 0.231 e. The van der Waals surface area contributed by atoms with Gasteiger partial charge in [0.1, 0.15) is 0 Å². The minimum atomic E-state index is -0.0934. The largest absolute Gasteiger partial charge is 0.454 e. The highest BCUT2D eigenvalue weighted by molar-refractivity contribution is 7.80. The number of thiocarbonyl (C=S) groups is 1. The van der Waals surface area contributed by atoms with Crippen LogP contribution in [-0.4, -0.2) is 21.5 Å². The SMILES string of the molecule is Cc1cc([C@@H]2[C@H](c3ccccn3)NC(=S)N2c2ccc(C(C)C)cc2)c(C)n1-c1ccc2c(c1)OCO2. The van der Waals surface area contributed by atoms with Crippen LogP contribution in [0.15, 0.2) is 72.9 Å². The molecule has 0 aliphatic carbocycles. The van der Waals surface area contributed by atoms with Gasteiger partial charge in [-0.3, -0.25) is 4.98 Å². The number of ether oxygens (including phenoxy) is 2. The second-order valence-corrected chi connectivity index (χ2v) is 10.3. The molecule has 188 valence electrons. The van der Waals surface area contributed by atoms with Crippen LogP contribution in [0.5, 0.6) is 11.5 Å². The fourth-order valence-corrected chi connectivity index (χ4v) is 5.82. The molecule has 0 spiro atoms. The van der Waals surface area contributed by atoms with E-state index in [4.69, 9.17) is 26.7 Å². The normalized spacial score (nSPS) is 18.5. The van der Waals surface area contributed by atoms with Gasteiger partial charge in [0.2, 0.25) is 6.79 Å². The van der Waals surface area contributed by atoms with Gasteiger partial charge < -0.3 is 24.3 Å². The van der Waals surface area contributed by atoms with Crippen LogP contribution in [0, 0.1) is 13.8 Å². The molecule has 1 N–H and O–H groups in total. The Kier molecular flexibility index (Phi) is 5.88. The van der Waals surface area contributed by atoms with E-state index in [0.717, 1.165) is 40.0 Å². The molecular formula is C30H30N4O2S. The molecule has 0 radical (unpaired) electrons. The molecule has 1 fully saturated rings. The van der Waals surface area contributed by atoms with Crippen molar-refractivity contribution in [3.63, 3.8) is 0 Å². The van der Waals surface area contributed by atoms with Gasteiger partial charge in [-0.25, -0.2) is 0 Å². The van der Waals surface area contributed by atoms with Crippen molar-refractivity contribution < 1.29 is 9.47 Å². The lowest BCUT2D eigenvalue weighted by molar-refractivity contribution is 0.174. The Morgan fingerprint density at radius 2 is 1.70 bits per heavy atom. The zero-order chi connectivity index (χ0) is 25.7. The van der Waals surface area contributed by atoms with Crippen molar-refractivity contribution in [1.82, 2.24) is 14.9 Å².